The average molecular weight is 529 g/mol. The molecule has 0 aromatic heterocycles. The molecule has 0 aliphatic rings. The molecule has 0 saturated carbocycles. The molecule has 0 aliphatic carbocycles. The summed E-state index contributed by atoms with van der Waals surface area (Å²) >= 11 is 0. The number of carbonyl (C=O) groups is 3. The molecule has 2 atom stereocenters. The first-order chi connectivity index (χ1) is 18.3. The van der Waals surface area contributed by atoms with E-state index in [2.05, 4.69) is 13.2 Å². The van der Waals surface area contributed by atoms with Crippen LogP contribution in [0.2, 0.25) is 0 Å². The van der Waals surface area contributed by atoms with Crippen LogP contribution in [0.1, 0.15) is 17.5 Å². The topological polar surface area (TPSA) is 127 Å². The SMILES string of the molecule is C=COCC(COc1ccc(Cc2ccc(OCC(COC(=O)C=C)OC(=O)CC(=O)O)cc2)cc1)OC. The quantitative estimate of drug-likeness (QED) is 0.133. The van der Waals surface area contributed by atoms with Crippen molar-refractivity contribution in [3.05, 3.63) is 85.2 Å². The maximum atomic E-state index is 11.7. The Morgan fingerprint density at radius 1 is 0.842 bits per heavy atom. The van der Waals surface area contributed by atoms with E-state index in [-0.39, 0.29) is 19.3 Å². The van der Waals surface area contributed by atoms with Crippen LogP contribution in [0.25, 0.3) is 0 Å². The van der Waals surface area contributed by atoms with Crippen molar-refractivity contribution in [2.45, 2.75) is 25.0 Å². The van der Waals surface area contributed by atoms with E-state index in [1.165, 1.54) is 6.26 Å². The normalized spacial score (nSPS) is 11.9. The third-order valence-electron chi connectivity index (χ3n) is 5.03. The van der Waals surface area contributed by atoms with Crippen LogP contribution >= 0.6 is 0 Å². The summed E-state index contributed by atoms with van der Waals surface area (Å²) in [5, 5.41) is 8.74. The molecule has 38 heavy (non-hydrogen) atoms. The molecular formula is C28H32O10. The highest BCUT2D eigenvalue weighted by molar-refractivity contribution is 5.90. The number of carboxylic acids is 1. The molecule has 2 aromatic rings. The monoisotopic (exact) mass is 528 g/mol. The van der Waals surface area contributed by atoms with E-state index in [1.54, 1.807) is 19.2 Å². The molecule has 2 aromatic carbocycles. The maximum absolute atomic E-state index is 11.7. The third kappa shape index (κ3) is 11.6. The summed E-state index contributed by atoms with van der Waals surface area (Å²) in [5.41, 5.74) is 2.12. The number of carboxylic acid groups (broad SMARTS) is 1. The van der Waals surface area contributed by atoms with E-state index in [4.69, 9.17) is 33.5 Å². The minimum atomic E-state index is -1.33. The summed E-state index contributed by atoms with van der Waals surface area (Å²) in [4.78, 5) is 33.7. The molecule has 0 aliphatic heterocycles. The largest absolute Gasteiger partial charge is 0.499 e. The molecule has 1 N–H and O–H groups in total. The standard InChI is InChI=1S/C28H32O10/c1-4-27(31)37-19-25(38-28(32)15-26(29)30)18-36-23-12-8-21(9-13-23)14-20-6-10-22(11-7-20)35-17-24(33-3)16-34-5-2/h4-13,24-25H,1-2,14-19H2,3H3,(H,29,30). The Morgan fingerprint density at radius 2 is 1.39 bits per heavy atom. The first kappa shape index (κ1) is 29.9. The van der Waals surface area contributed by atoms with Crippen LogP contribution in [0.4, 0.5) is 0 Å². The van der Waals surface area contributed by atoms with Crippen molar-refractivity contribution in [2.75, 3.05) is 33.5 Å². The fourth-order valence-corrected chi connectivity index (χ4v) is 3.08. The van der Waals surface area contributed by atoms with E-state index in [1.807, 2.05) is 36.4 Å². The van der Waals surface area contributed by atoms with Crippen LogP contribution < -0.4 is 9.47 Å². The van der Waals surface area contributed by atoms with E-state index in [9.17, 15) is 14.4 Å². The fraction of sp³-hybridized carbons (Fsp3) is 0.321. The highest BCUT2D eigenvalue weighted by Gasteiger charge is 2.19. The Kier molecular flexibility index (Phi) is 12.9. The lowest BCUT2D eigenvalue weighted by Gasteiger charge is -2.18. The molecule has 204 valence electrons. The maximum Gasteiger partial charge on any atom is 0.330 e. The van der Waals surface area contributed by atoms with Gasteiger partial charge >= 0.3 is 17.9 Å². The molecule has 0 radical (unpaired) electrons. The highest BCUT2D eigenvalue weighted by atomic mass is 16.6. The van der Waals surface area contributed by atoms with Gasteiger partial charge in [-0.3, -0.25) is 9.59 Å². The molecule has 2 unspecified atom stereocenters. The second-order valence-electron chi connectivity index (χ2n) is 7.96. The van der Waals surface area contributed by atoms with E-state index in [0.717, 1.165) is 23.0 Å². The summed E-state index contributed by atoms with van der Waals surface area (Å²) in [6, 6.07) is 15.0. The van der Waals surface area contributed by atoms with Crippen molar-refractivity contribution in [1.29, 1.82) is 0 Å². The van der Waals surface area contributed by atoms with Crippen molar-refractivity contribution < 1.29 is 47.9 Å². The van der Waals surface area contributed by atoms with Gasteiger partial charge in [-0.15, -0.1) is 0 Å². The average Bonchev–Trinajstić information content (AvgIpc) is 2.91. The fourth-order valence-electron chi connectivity index (χ4n) is 3.08. The zero-order valence-electron chi connectivity index (χ0n) is 21.2. The molecule has 0 saturated heterocycles. The number of esters is 2. The van der Waals surface area contributed by atoms with Gasteiger partial charge < -0.3 is 33.5 Å². The van der Waals surface area contributed by atoms with Gasteiger partial charge in [0.1, 0.15) is 50.5 Å². The Bertz CT molecular complexity index is 1050. The van der Waals surface area contributed by atoms with Gasteiger partial charge in [0.2, 0.25) is 0 Å². The van der Waals surface area contributed by atoms with Crippen molar-refractivity contribution in [3.63, 3.8) is 0 Å². The Hall–Kier alpha value is -4.31. The molecule has 0 fully saturated rings. The van der Waals surface area contributed by atoms with Crippen LogP contribution in [-0.4, -0.2) is 68.8 Å². The van der Waals surface area contributed by atoms with Crippen molar-refractivity contribution >= 4 is 17.9 Å². The lowest BCUT2D eigenvalue weighted by molar-refractivity contribution is -0.162. The minimum Gasteiger partial charge on any atom is -0.499 e. The zero-order chi connectivity index (χ0) is 27.8. The lowest BCUT2D eigenvalue weighted by Crippen LogP contribution is -2.31. The number of hydrogen-bond acceptors (Lipinski definition) is 9. The van der Waals surface area contributed by atoms with Crippen LogP contribution in [0, 0.1) is 0 Å². The number of methoxy groups -OCH3 is 1. The van der Waals surface area contributed by atoms with E-state index in [0.29, 0.717) is 25.4 Å². The number of ether oxygens (including phenoxy) is 6. The van der Waals surface area contributed by atoms with Gasteiger partial charge in [0.25, 0.3) is 0 Å². The summed E-state index contributed by atoms with van der Waals surface area (Å²) in [7, 11) is 1.59. The van der Waals surface area contributed by atoms with Crippen LogP contribution in [0.15, 0.2) is 74.0 Å². The van der Waals surface area contributed by atoms with Crippen molar-refractivity contribution in [1.82, 2.24) is 0 Å². The minimum absolute atomic E-state index is 0.139. The number of rotatable bonds is 18. The van der Waals surface area contributed by atoms with Gasteiger partial charge in [-0.1, -0.05) is 37.4 Å². The highest BCUT2D eigenvalue weighted by Crippen LogP contribution is 2.19. The first-order valence-corrected chi connectivity index (χ1v) is 11.7. The number of benzene rings is 2. The van der Waals surface area contributed by atoms with Crippen LogP contribution in [0.5, 0.6) is 11.5 Å². The molecule has 0 bridgehead atoms. The molecule has 0 amide bonds. The van der Waals surface area contributed by atoms with E-state index < -0.39 is 30.4 Å². The van der Waals surface area contributed by atoms with Gasteiger partial charge in [-0.2, -0.15) is 0 Å². The summed E-state index contributed by atoms with van der Waals surface area (Å²) in [5.74, 6) is -1.78. The molecule has 10 nitrogen and oxygen atoms in total. The second-order valence-corrected chi connectivity index (χ2v) is 7.96. The Morgan fingerprint density at radius 3 is 1.87 bits per heavy atom. The third-order valence-corrected chi connectivity index (χ3v) is 5.03. The number of aliphatic carboxylic acids is 1. The van der Waals surface area contributed by atoms with Gasteiger partial charge in [0.05, 0.1) is 6.26 Å². The van der Waals surface area contributed by atoms with Crippen molar-refractivity contribution in [3.8, 4) is 11.5 Å². The number of hydrogen-bond donors (Lipinski definition) is 1. The summed E-state index contributed by atoms with van der Waals surface area (Å²) in [6.45, 7) is 7.06. The smallest absolute Gasteiger partial charge is 0.330 e. The molecule has 0 spiro atoms. The number of carbonyl (C=O) groups excluding carboxylic acids is 2. The Labute approximate surface area is 221 Å². The van der Waals surface area contributed by atoms with Gasteiger partial charge in [-0.05, 0) is 41.8 Å². The predicted octanol–water partition coefficient (Wildman–Crippen LogP) is 3.33. The zero-order valence-corrected chi connectivity index (χ0v) is 21.2. The van der Waals surface area contributed by atoms with Gasteiger partial charge in [0.15, 0.2) is 6.10 Å². The molecule has 0 heterocycles. The Balaban J connectivity index is 1.87. The predicted molar refractivity (Wildman–Crippen MR) is 137 cm³/mol. The first-order valence-electron chi connectivity index (χ1n) is 11.7. The van der Waals surface area contributed by atoms with Crippen LogP contribution in [-0.2, 0) is 39.8 Å². The second kappa shape index (κ2) is 16.4. The van der Waals surface area contributed by atoms with Gasteiger partial charge in [-0.25, -0.2) is 4.79 Å². The van der Waals surface area contributed by atoms with Crippen LogP contribution in [0.3, 0.4) is 0 Å². The molecule has 10 heteroatoms. The summed E-state index contributed by atoms with van der Waals surface area (Å²) in [6.07, 6.45) is 1.01. The van der Waals surface area contributed by atoms with Crippen molar-refractivity contribution in [2.24, 2.45) is 0 Å². The van der Waals surface area contributed by atoms with E-state index >= 15 is 0 Å². The lowest BCUT2D eigenvalue weighted by atomic mass is 10.0. The summed E-state index contributed by atoms with van der Waals surface area (Å²) < 4.78 is 31.8. The van der Waals surface area contributed by atoms with Gasteiger partial charge in [0, 0.05) is 13.2 Å². The molecular weight excluding hydrogens is 496 g/mol. The molecule has 2 rings (SSSR count).